The molecule has 7 heteroatoms. The van der Waals surface area contributed by atoms with Crippen molar-refractivity contribution in [1.29, 1.82) is 0 Å². The minimum Gasteiger partial charge on any atom is -0.497 e. The van der Waals surface area contributed by atoms with Gasteiger partial charge in [0.25, 0.3) is 0 Å². The van der Waals surface area contributed by atoms with E-state index in [1.165, 1.54) is 0 Å². The number of nitrogens with two attached hydrogens (primary N) is 1. The standard InChI is InChI=1S/C15H12Cl2N4O/c1-22-11-5-3-10(4-6-11)21-15(18)14(19-20-21)12-7-2-9(16)8-13(12)17/h2-8H,18H2,1H3. The molecule has 1 aromatic heterocycles. The van der Waals surface area contributed by atoms with E-state index in [-0.39, 0.29) is 0 Å². The molecule has 0 bridgehead atoms. The van der Waals surface area contributed by atoms with Crippen molar-refractivity contribution in [3.63, 3.8) is 0 Å². The van der Waals surface area contributed by atoms with Crippen LogP contribution in [0.4, 0.5) is 5.82 Å². The molecule has 0 radical (unpaired) electrons. The maximum Gasteiger partial charge on any atom is 0.155 e. The van der Waals surface area contributed by atoms with E-state index in [9.17, 15) is 0 Å². The van der Waals surface area contributed by atoms with Crippen LogP contribution in [0.1, 0.15) is 0 Å². The van der Waals surface area contributed by atoms with Crippen LogP contribution < -0.4 is 10.5 Å². The zero-order valence-electron chi connectivity index (χ0n) is 11.6. The fraction of sp³-hybridized carbons (Fsp3) is 0.0667. The van der Waals surface area contributed by atoms with E-state index in [1.807, 2.05) is 24.3 Å². The first-order valence-electron chi connectivity index (χ1n) is 6.41. The Morgan fingerprint density at radius 2 is 1.82 bits per heavy atom. The maximum absolute atomic E-state index is 6.20. The number of rotatable bonds is 3. The van der Waals surface area contributed by atoms with Gasteiger partial charge in [0, 0.05) is 10.6 Å². The molecular formula is C15H12Cl2N4O. The lowest BCUT2D eigenvalue weighted by Gasteiger charge is -2.06. The van der Waals surface area contributed by atoms with Gasteiger partial charge in [-0.05, 0) is 42.5 Å². The molecule has 0 saturated carbocycles. The van der Waals surface area contributed by atoms with Crippen LogP contribution in [-0.4, -0.2) is 22.1 Å². The number of hydrogen-bond donors (Lipinski definition) is 1. The summed E-state index contributed by atoms with van der Waals surface area (Å²) in [4.78, 5) is 0. The summed E-state index contributed by atoms with van der Waals surface area (Å²) in [5, 5.41) is 9.24. The van der Waals surface area contributed by atoms with Gasteiger partial charge in [0.15, 0.2) is 5.82 Å². The highest BCUT2D eigenvalue weighted by Crippen LogP contribution is 2.33. The van der Waals surface area contributed by atoms with Gasteiger partial charge in [0.2, 0.25) is 0 Å². The molecule has 0 saturated heterocycles. The molecule has 0 fully saturated rings. The molecule has 1 heterocycles. The molecule has 2 N–H and O–H groups in total. The van der Waals surface area contributed by atoms with Gasteiger partial charge in [-0.25, -0.2) is 0 Å². The molecule has 112 valence electrons. The van der Waals surface area contributed by atoms with Crippen LogP contribution in [0.5, 0.6) is 5.75 Å². The van der Waals surface area contributed by atoms with Crippen molar-refractivity contribution in [3.05, 3.63) is 52.5 Å². The first kappa shape index (κ1) is 14.7. The molecule has 2 aromatic carbocycles. The number of halogens is 2. The predicted molar refractivity (Wildman–Crippen MR) is 87.8 cm³/mol. The van der Waals surface area contributed by atoms with Gasteiger partial charge < -0.3 is 10.5 Å². The van der Waals surface area contributed by atoms with Crippen molar-refractivity contribution in [1.82, 2.24) is 15.0 Å². The Morgan fingerprint density at radius 3 is 2.45 bits per heavy atom. The van der Waals surface area contributed by atoms with E-state index in [4.69, 9.17) is 33.7 Å². The molecule has 0 aliphatic carbocycles. The molecule has 3 aromatic rings. The highest BCUT2D eigenvalue weighted by molar-refractivity contribution is 6.36. The predicted octanol–water partition coefficient (Wildman–Crippen LogP) is 3.83. The molecular weight excluding hydrogens is 323 g/mol. The number of benzene rings is 2. The summed E-state index contributed by atoms with van der Waals surface area (Å²) < 4.78 is 6.67. The van der Waals surface area contributed by atoms with Crippen LogP contribution in [0.3, 0.4) is 0 Å². The molecule has 5 nitrogen and oxygen atoms in total. The van der Waals surface area contributed by atoms with Crippen molar-refractivity contribution in [2.75, 3.05) is 12.8 Å². The van der Waals surface area contributed by atoms with Crippen LogP contribution >= 0.6 is 23.2 Å². The van der Waals surface area contributed by atoms with Gasteiger partial charge >= 0.3 is 0 Å². The van der Waals surface area contributed by atoms with Crippen LogP contribution in [-0.2, 0) is 0 Å². The lowest BCUT2D eigenvalue weighted by atomic mass is 10.1. The van der Waals surface area contributed by atoms with E-state index in [0.29, 0.717) is 27.1 Å². The Labute approximate surface area is 137 Å². The Bertz CT molecular complexity index is 815. The highest BCUT2D eigenvalue weighted by atomic mass is 35.5. The average Bonchev–Trinajstić information content (AvgIpc) is 2.89. The largest absolute Gasteiger partial charge is 0.497 e. The SMILES string of the molecule is COc1ccc(-n2nnc(-c3ccc(Cl)cc3Cl)c2N)cc1. The minimum absolute atomic E-state index is 0.398. The lowest BCUT2D eigenvalue weighted by molar-refractivity contribution is 0.414. The second-order valence-corrected chi connectivity index (χ2v) is 5.40. The van der Waals surface area contributed by atoms with Gasteiger partial charge in [0.1, 0.15) is 11.4 Å². The molecule has 3 rings (SSSR count). The summed E-state index contributed by atoms with van der Waals surface area (Å²) >= 11 is 12.1. The van der Waals surface area contributed by atoms with Crippen molar-refractivity contribution < 1.29 is 4.74 Å². The highest BCUT2D eigenvalue weighted by Gasteiger charge is 2.15. The number of nitrogen functional groups attached to an aromatic ring is 1. The number of nitrogens with zero attached hydrogens (tertiary/aromatic N) is 3. The summed E-state index contributed by atoms with van der Waals surface area (Å²) in [5.74, 6) is 1.15. The number of ether oxygens (including phenoxy) is 1. The lowest BCUT2D eigenvalue weighted by Crippen LogP contribution is -2.02. The van der Waals surface area contributed by atoms with Crippen molar-refractivity contribution in [2.45, 2.75) is 0 Å². The third-order valence-electron chi connectivity index (χ3n) is 3.21. The van der Waals surface area contributed by atoms with Crippen LogP contribution in [0, 0.1) is 0 Å². The molecule has 0 aliphatic heterocycles. The minimum atomic E-state index is 0.398. The smallest absolute Gasteiger partial charge is 0.155 e. The molecule has 0 amide bonds. The van der Waals surface area contributed by atoms with E-state index >= 15 is 0 Å². The second kappa shape index (κ2) is 5.87. The Hall–Kier alpha value is -2.24. The number of anilines is 1. The molecule has 0 unspecified atom stereocenters. The zero-order valence-corrected chi connectivity index (χ0v) is 13.1. The van der Waals surface area contributed by atoms with Crippen LogP contribution in [0.25, 0.3) is 16.9 Å². The third kappa shape index (κ3) is 2.61. The summed E-state index contributed by atoms with van der Waals surface area (Å²) in [7, 11) is 1.61. The van der Waals surface area contributed by atoms with Gasteiger partial charge in [-0.1, -0.05) is 28.4 Å². The Morgan fingerprint density at radius 1 is 1.09 bits per heavy atom. The van der Waals surface area contributed by atoms with E-state index in [0.717, 1.165) is 11.4 Å². The Balaban J connectivity index is 2.04. The van der Waals surface area contributed by atoms with E-state index in [2.05, 4.69) is 10.3 Å². The van der Waals surface area contributed by atoms with Crippen molar-refractivity contribution in [3.8, 4) is 22.7 Å². The van der Waals surface area contributed by atoms with E-state index < -0.39 is 0 Å². The maximum atomic E-state index is 6.20. The summed E-state index contributed by atoms with van der Waals surface area (Å²) in [6.45, 7) is 0. The topological polar surface area (TPSA) is 66.0 Å². The van der Waals surface area contributed by atoms with Crippen molar-refractivity contribution >= 4 is 29.0 Å². The summed E-state index contributed by atoms with van der Waals surface area (Å²) in [6.07, 6.45) is 0. The zero-order chi connectivity index (χ0) is 15.7. The van der Waals surface area contributed by atoms with Gasteiger partial charge in [-0.15, -0.1) is 5.10 Å². The summed E-state index contributed by atoms with van der Waals surface area (Å²) in [6, 6.07) is 12.5. The third-order valence-corrected chi connectivity index (χ3v) is 3.76. The average molecular weight is 335 g/mol. The molecule has 0 spiro atoms. The quantitative estimate of drug-likeness (QED) is 0.790. The Kier molecular flexibility index (Phi) is 3.92. The number of methoxy groups -OCH3 is 1. The van der Waals surface area contributed by atoms with Gasteiger partial charge in [-0.2, -0.15) is 4.68 Å². The summed E-state index contributed by atoms with van der Waals surface area (Å²) in [5.41, 5.74) is 8.13. The first-order valence-corrected chi connectivity index (χ1v) is 7.17. The molecule has 22 heavy (non-hydrogen) atoms. The molecule has 0 atom stereocenters. The normalized spacial score (nSPS) is 10.7. The monoisotopic (exact) mass is 334 g/mol. The van der Waals surface area contributed by atoms with E-state index in [1.54, 1.807) is 30.0 Å². The first-order chi connectivity index (χ1) is 10.6. The second-order valence-electron chi connectivity index (χ2n) is 4.56. The van der Waals surface area contributed by atoms with Crippen LogP contribution in [0.2, 0.25) is 10.0 Å². The van der Waals surface area contributed by atoms with Gasteiger partial charge in [0.05, 0.1) is 17.8 Å². The fourth-order valence-corrected chi connectivity index (χ4v) is 2.57. The molecule has 0 aliphatic rings. The van der Waals surface area contributed by atoms with Crippen molar-refractivity contribution in [2.24, 2.45) is 0 Å². The number of hydrogen-bond acceptors (Lipinski definition) is 4. The van der Waals surface area contributed by atoms with Gasteiger partial charge in [-0.3, -0.25) is 0 Å². The number of aromatic nitrogens is 3. The van der Waals surface area contributed by atoms with Crippen LogP contribution in [0.15, 0.2) is 42.5 Å². The fourth-order valence-electron chi connectivity index (χ4n) is 2.08.